The summed E-state index contributed by atoms with van der Waals surface area (Å²) in [6, 6.07) is 7.43. The van der Waals surface area contributed by atoms with E-state index in [1.807, 2.05) is 31.2 Å². The highest BCUT2D eigenvalue weighted by Crippen LogP contribution is 2.24. The van der Waals surface area contributed by atoms with Crippen molar-refractivity contribution in [1.29, 1.82) is 0 Å². The Morgan fingerprint density at radius 2 is 1.78 bits per heavy atom. The number of amides is 1. The van der Waals surface area contributed by atoms with E-state index in [1.165, 1.54) is 10.6 Å². The van der Waals surface area contributed by atoms with Gasteiger partial charge in [-0.25, -0.2) is 8.42 Å². The number of sulfonamides is 1. The van der Waals surface area contributed by atoms with Crippen molar-refractivity contribution in [2.45, 2.75) is 51.5 Å². The van der Waals surface area contributed by atoms with E-state index >= 15 is 0 Å². The molecule has 0 aromatic heterocycles. The molecule has 1 aliphatic carbocycles. The number of aryl methyl sites for hydroxylation is 1. The van der Waals surface area contributed by atoms with Gasteiger partial charge in [-0.15, -0.1) is 0 Å². The Morgan fingerprint density at radius 1 is 1.17 bits per heavy atom. The molecule has 0 atom stereocenters. The lowest BCUT2D eigenvalue weighted by atomic mass is 10.1. The maximum atomic E-state index is 12.3. The third kappa shape index (κ3) is 5.32. The van der Waals surface area contributed by atoms with Gasteiger partial charge in [0.05, 0.1) is 12.8 Å². The van der Waals surface area contributed by atoms with Crippen molar-refractivity contribution in [3.05, 3.63) is 29.8 Å². The molecule has 1 fully saturated rings. The fraction of sp³-hybridized carbons (Fsp3) is 0.588. The average Bonchev–Trinajstić information content (AvgIpc) is 2.75. The molecule has 1 aromatic carbocycles. The minimum absolute atomic E-state index is 0.0601. The van der Waals surface area contributed by atoms with Crippen molar-refractivity contribution in [2.24, 2.45) is 0 Å². The van der Waals surface area contributed by atoms with E-state index in [0.29, 0.717) is 0 Å². The van der Waals surface area contributed by atoms with Crippen molar-refractivity contribution in [3.8, 4) is 0 Å². The van der Waals surface area contributed by atoms with Crippen LogP contribution in [0.3, 0.4) is 0 Å². The van der Waals surface area contributed by atoms with Gasteiger partial charge in [-0.2, -0.15) is 4.31 Å². The van der Waals surface area contributed by atoms with Crippen LogP contribution in [-0.4, -0.2) is 37.5 Å². The van der Waals surface area contributed by atoms with Gasteiger partial charge in [0, 0.05) is 11.7 Å². The maximum Gasteiger partial charge on any atom is 0.239 e. The number of rotatable bonds is 5. The summed E-state index contributed by atoms with van der Waals surface area (Å²) in [5.41, 5.74) is 1.69. The quantitative estimate of drug-likeness (QED) is 0.840. The van der Waals surface area contributed by atoms with Crippen LogP contribution in [0.2, 0.25) is 0 Å². The van der Waals surface area contributed by atoms with Crippen molar-refractivity contribution >= 4 is 21.6 Å². The molecule has 6 heteroatoms. The first-order valence-corrected chi connectivity index (χ1v) is 10.0. The number of benzene rings is 1. The minimum atomic E-state index is -3.41. The zero-order valence-corrected chi connectivity index (χ0v) is 14.7. The van der Waals surface area contributed by atoms with E-state index in [9.17, 15) is 13.2 Å². The molecule has 5 nitrogen and oxygen atoms in total. The third-order valence-corrected chi connectivity index (χ3v) is 5.66. The highest BCUT2D eigenvalue weighted by molar-refractivity contribution is 7.88. The molecule has 0 spiro atoms. The Balaban J connectivity index is 2.08. The molecule has 1 aliphatic rings. The van der Waals surface area contributed by atoms with Crippen molar-refractivity contribution in [2.75, 3.05) is 18.1 Å². The van der Waals surface area contributed by atoms with Crippen LogP contribution in [0, 0.1) is 6.92 Å². The average molecular weight is 338 g/mol. The fourth-order valence-electron chi connectivity index (χ4n) is 3.11. The minimum Gasteiger partial charge on any atom is -0.325 e. The summed E-state index contributed by atoms with van der Waals surface area (Å²) >= 11 is 0. The SMILES string of the molecule is Cc1ccccc1NC(=O)CN(C1CCCCCC1)S(C)(=O)=O. The summed E-state index contributed by atoms with van der Waals surface area (Å²) in [5.74, 6) is -0.283. The highest BCUT2D eigenvalue weighted by Gasteiger charge is 2.29. The second-order valence-corrected chi connectivity index (χ2v) is 8.25. The fourth-order valence-corrected chi connectivity index (χ4v) is 4.21. The number of carbonyl (C=O) groups is 1. The van der Waals surface area contributed by atoms with Crippen molar-refractivity contribution in [1.82, 2.24) is 4.31 Å². The number of anilines is 1. The van der Waals surface area contributed by atoms with E-state index in [0.717, 1.165) is 49.8 Å². The number of para-hydroxylation sites is 1. The predicted octanol–water partition coefficient (Wildman–Crippen LogP) is 2.92. The topological polar surface area (TPSA) is 66.5 Å². The molecule has 0 radical (unpaired) electrons. The lowest BCUT2D eigenvalue weighted by Crippen LogP contribution is -2.44. The van der Waals surface area contributed by atoms with E-state index in [2.05, 4.69) is 5.32 Å². The summed E-state index contributed by atoms with van der Waals surface area (Å²) in [5, 5.41) is 2.82. The molecule has 0 unspecified atom stereocenters. The van der Waals surface area contributed by atoms with E-state index in [-0.39, 0.29) is 18.5 Å². The maximum absolute atomic E-state index is 12.3. The van der Waals surface area contributed by atoms with Crippen LogP contribution in [0.4, 0.5) is 5.69 Å². The standard InChI is InChI=1S/C17H26N2O3S/c1-14-9-7-8-12-16(14)18-17(20)13-19(23(2,21)22)15-10-5-3-4-6-11-15/h7-9,12,15H,3-6,10-11,13H2,1-2H3,(H,18,20). The highest BCUT2D eigenvalue weighted by atomic mass is 32.2. The third-order valence-electron chi connectivity index (χ3n) is 4.38. The largest absolute Gasteiger partial charge is 0.325 e. The van der Waals surface area contributed by atoms with Gasteiger partial charge in [-0.1, -0.05) is 43.9 Å². The van der Waals surface area contributed by atoms with Crippen molar-refractivity contribution in [3.63, 3.8) is 0 Å². The number of hydrogen-bond acceptors (Lipinski definition) is 3. The molecule has 1 amide bonds. The molecule has 1 N–H and O–H groups in total. The van der Waals surface area contributed by atoms with Crippen LogP contribution in [0.1, 0.15) is 44.1 Å². The van der Waals surface area contributed by atoms with Crippen molar-refractivity contribution < 1.29 is 13.2 Å². The molecule has 23 heavy (non-hydrogen) atoms. The number of hydrogen-bond donors (Lipinski definition) is 1. The van der Waals surface area contributed by atoms with Crippen LogP contribution in [0.15, 0.2) is 24.3 Å². The van der Waals surface area contributed by atoms with E-state index in [1.54, 1.807) is 0 Å². The molecular weight excluding hydrogens is 312 g/mol. The second kappa shape index (κ2) is 7.93. The van der Waals surface area contributed by atoms with Crippen LogP contribution < -0.4 is 5.32 Å². The second-order valence-electron chi connectivity index (χ2n) is 6.32. The van der Waals surface area contributed by atoms with Gasteiger partial charge in [-0.05, 0) is 31.4 Å². The Kier molecular flexibility index (Phi) is 6.18. The first-order chi connectivity index (χ1) is 10.9. The number of nitrogens with one attached hydrogen (secondary N) is 1. The monoisotopic (exact) mass is 338 g/mol. The Morgan fingerprint density at radius 3 is 2.35 bits per heavy atom. The molecule has 2 rings (SSSR count). The molecule has 0 bridgehead atoms. The van der Waals surface area contributed by atoms with Gasteiger partial charge in [-0.3, -0.25) is 4.79 Å². The molecule has 0 aliphatic heterocycles. The predicted molar refractivity (Wildman–Crippen MR) is 92.8 cm³/mol. The van der Waals surface area contributed by atoms with Crippen LogP contribution in [-0.2, 0) is 14.8 Å². The molecule has 0 heterocycles. The zero-order valence-electron chi connectivity index (χ0n) is 13.9. The Bertz CT molecular complexity index is 635. The lowest BCUT2D eigenvalue weighted by Gasteiger charge is -2.28. The lowest BCUT2D eigenvalue weighted by molar-refractivity contribution is -0.116. The summed E-state index contributed by atoms with van der Waals surface area (Å²) in [7, 11) is -3.41. The summed E-state index contributed by atoms with van der Waals surface area (Å²) in [4.78, 5) is 12.3. The number of carbonyl (C=O) groups excluding carboxylic acids is 1. The zero-order chi connectivity index (χ0) is 16.9. The Labute approximate surface area is 139 Å². The van der Waals surface area contributed by atoms with Gasteiger partial charge < -0.3 is 5.32 Å². The van der Waals surface area contributed by atoms with Crippen LogP contribution >= 0.6 is 0 Å². The number of nitrogens with zero attached hydrogens (tertiary/aromatic N) is 1. The molecule has 0 saturated heterocycles. The van der Waals surface area contributed by atoms with Crippen LogP contribution in [0.25, 0.3) is 0 Å². The molecule has 1 saturated carbocycles. The first-order valence-electron chi connectivity index (χ1n) is 8.20. The molecule has 1 aromatic rings. The normalized spacial score (nSPS) is 17.0. The molecule has 128 valence electrons. The van der Waals surface area contributed by atoms with Gasteiger partial charge in [0.25, 0.3) is 0 Å². The van der Waals surface area contributed by atoms with Gasteiger partial charge >= 0.3 is 0 Å². The summed E-state index contributed by atoms with van der Waals surface area (Å²) in [6.45, 7) is 1.80. The van der Waals surface area contributed by atoms with Gasteiger partial charge in [0.15, 0.2) is 0 Å². The first kappa shape index (κ1) is 17.9. The molecular formula is C17H26N2O3S. The van der Waals surface area contributed by atoms with E-state index < -0.39 is 10.0 Å². The summed E-state index contributed by atoms with van der Waals surface area (Å²) in [6.07, 6.45) is 7.20. The smallest absolute Gasteiger partial charge is 0.239 e. The van der Waals surface area contributed by atoms with Gasteiger partial charge in [0.2, 0.25) is 15.9 Å². The van der Waals surface area contributed by atoms with Crippen LogP contribution in [0.5, 0.6) is 0 Å². The van der Waals surface area contributed by atoms with E-state index in [4.69, 9.17) is 0 Å². The van der Waals surface area contributed by atoms with Gasteiger partial charge in [0.1, 0.15) is 0 Å². The Hall–Kier alpha value is -1.40. The summed E-state index contributed by atoms with van der Waals surface area (Å²) < 4.78 is 25.7.